The molecule has 22 heavy (non-hydrogen) atoms. The van der Waals surface area contributed by atoms with Gasteiger partial charge in [0.15, 0.2) is 4.34 Å². The van der Waals surface area contributed by atoms with Gasteiger partial charge in [0.2, 0.25) is 11.6 Å². The molecule has 1 N–H and O–H groups in total. The zero-order chi connectivity index (χ0) is 15.4. The van der Waals surface area contributed by atoms with Crippen molar-refractivity contribution >= 4 is 34.7 Å². The van der Waals surface area contributed by atoms with Gasteiger partial charge >= 0.3 is 0 Å². The van der Waals surface area contributed by atoms with Crippen molar-refractivity contribution in [2.45, 2.75) is 15.7 Å². The molecule has 2 heterocycles. The topological polar surface area (TPSA) is 101 Å². The normalized spacial score (nSPS) is 10.5. The second kappa shape index (κ2) is 6.58. The van der Waals surface area contributed by atoms with Crippen LogP contribution in [-0.2, 0) is 11.2 Å². The Labute approximate surface area is 133 Å². The highest BCUT2D eigenvalue weighted by molar-refractivity contribution is 8.01. The van der Waals surface area contributed by atoms with Crippen molar-refractivity contribution < 1.29 is 9.59 Å². The quantitative estimate of drug-likeness (QED) is 0.543. The summed E-state index contributed by atoms with van der Waals surface area (Å²) in [6.45, 7) is 0. The molecular formula is C13H9N5O2S2. The predicted molar refractivity (Wildman–Crippen MR) is 79.9 cm³/mol. The molecule has 0 saturated carbocycles. The van der Waals surface area contributed by atoms with E-state index >= 15 is 0 Å². The molecule has 0 aliphatic rings. The van der Waals surface area contributed by atoms with Gasteiger partial charge in [0.25, 0.3) is 5.78 Å². The van der Waals surface area contributed by atoms with Crippen molar-refractivity contribution in [3.8, 4) is 0 Å². The van der Waals surface area contributed by atoms with E-state index in [2.05, 4.69) is 25.6 Å². The van der Waals surface area contributed by atoms with Gasteiger partial charge in [0.05, 0.1) is 12.1 Å². The van der Waals surface area contributed by atoms with Crippen molar-refractivity contribution in [1.29, 1.82) is 0 Å². The first-order valence-electron chi connectivity index (χ1n) is 6.20. The Bertz CT molecular complexity index is 786. The summed E-state index contributed by atoms with van der Waals surface area (Å²) in [6, 6.07) is 9.81. The molecule has 0 fully saturated rings. The van der Waals surface area contributed by atoms with E-state index in [0.29, 0.717) is 5.69 Å². The molecule has 0 spiro atoms. The Morgan fingerprint density at radius 3 is 2.77 bits per heavy atom. The third-order valence-corrected chi connectivity index (χ3v) is 4.62. The Hall–Kier alpha value is -2.39. The molecule has 9 heteroatoms. The number of carbonyl (C=O) groups excluding carboxylic acids is 2. The first-order chi connectivity index (χ1) is 10.7. The molecule has 2 aromatic heterocycles. The number of H-pyrrole nitrogens is 1. The van der Waals surface area contributed by atoms with Crippen molar-refractivity contribution in [1.82, 2.24) is 25.6 Å². The zero-order valence-electron chi connectivity index (χ0n) is 11.1. The fourth-order valence-electron chi connectivity index (χ4n) is 1.63. The van der Waals surface area contributed by atoms with Crippen molar-refractivity contribution in [3.05, 3.63) is 47.2 Å². The summed E-state index contributed by atoms with van der Waals surface area (Å²) >= 11 is 2.95. The van der Waals surface area contributed by atoms with Crippen LogP contribution in [-0.4, -0.2) is 37.2 Å². The summed E-state index contributed by atoms with van der Waals surface area (Å²) in [6.07, 6.45) is -0.0702. The number of ketones is 2. The van der Waals surface area contributed by atoms with E-state index in [9.17, 15) is 9.59 Å². The van der Waals surface area contributed by atoms with Gasteiger partial charge < -0.3 is 0 Å². The van der Waals surface area contributed by atoms with E-state index in [0.717, 1.165) is 9.24 Å². The second-order valence-electron chi connectivity index (χ2n) is 4.18. The predicted octanol–water partition coefficient (Wildman–Crippen LogP) is 1.80. The second-order valence-corrected chi connectivity index (χ2v) is 6.36. The minimum atomic E-state index is -0.765. The largest absolute Gasteiger partial charge is 0.290 e. The number of rotatable bonds is 6. The molecule has 3 aromatic rings. The maximum absolute atomic E-state index is 11.9. The Balaban J connectivity index is 1.64. The third kappa shape index (κ3) is 3.43. The number of carbonyl (C=O) groups is 2. The molecule has 0 bridgehead atoms. The third-order valence-electron chi connectivity index (χ3n) is 2.62. The van der Waals surface area contributed by atoms with Crippen LogP contribution in [0.15, 0.2) is 44.9 Å². The molecule has 110 valence electrons. The van der Waals surface area contributed by atoms with Gasteiger partial charge in [-0.1, -0.05) is 30.0 Å². The van der Waals surface area contributed by atoms with E-state index in [1.54, 1.807) is 5.38 Å². The Kier molecular flexibility index (Phi) is 4.35. The van der Waals surface area contributed by atoms with Crippen LogP contribution in [0.25, 0.3) is 0 Å². The molecule has 7 nitrogen and oxygen atoms in total. The minimum Gasteiger partial charge on any atom is -0.290 e. The molecule has 3 rings (SSSR count). The summed E-state index contributed by atoms with van der Waals surface area (Å²) in [5.74, 6) is -1.60. The SMILES string of the molecule is O=C(Cc1csc(Sc2ccccc2)n1)C(=O)c1nn[nH]n1. The van der Waals surface area contributed by atoms with Crippen LogP contribution >= 0.6 is 23.1 Å². The van der Waals surface area contributed by atoms with Crippen LogP contribution in [0, 0.1) is 0 Å². The molecule has 0 unspecified atom stereocenters. The van der Waals surface area contributed by atoms with Crippen LogP contribution < -0.4 is 0 Å². The van der Waals surface area contributed by atoms with Gasteiger partial charge in [-0.15, -0.1) is 21.5 Å². The summed E-state index contributed by atoms with van der Waals surface area (Å²) in [4.78, 5) is 29.0. The molecule has 0 atom stereocenters. The molecular weight excluding hydrogens is 322 g/mol. The number of thiazole rings is 1. The number of nitrogens with one attached hydrogen (secondary N) is 1. The fraction of sp³-hybridized carbons (Fsp3) is 0.0769. The van der Waals surface area contributed by atoms with Crippen LogP contribution in [0.4, 0.5) is 0 Å². The molecule has 0 amide bonds. The zero-order valence-corrected chi connectivity index (χ0v) is 12.7. The molecule has 0 radical (unpaired) electrons. The monoisotopic (exact) mass is 331 g/mol. The maximum Gasteiger partial charge on any atom is 0.269 e. The highest BCUT2D eigenvalue weighted by Gasteiger charge is 2.21. The van der Waals surface area contributed by atoms with Gasteiger partial charge in [0, 0.05) is 10.3 Å². The first kappa shape index (κ1) is 14.5. The van der Waals surface area contributed by atoms with Crippen LogP contribution in [0.1, 0.15) is 16.3 Å². The highest BCUT2D eigenvalue weighted by Crippen LogP contribution is 2.30. The van der Waals surface area contributed by atoms with Crippen LogP contribution in [0.2, 0.25) is 0 Å². The number of aromatic amines is 1. The fourth-order valence-corrected chi connectivity index (χ4v) is 3.46. The lowest BCUT2D eigenvalue weighted by Gasteiger charge is -1.96. The maximum atomic E-state index is 11.9. The molecule has 0 aliphatic heterocycles. The van der Waals surface area contributed by atoms with Crippen LogP contribution in [0.5, 0.6) is 0 Å². The van der Waals surface area contributed by atoms with Gasteiger partial charge in [-0.2, -0.15) is 5.21 Å². The lowest BCUT2D eigenvalue weighted by molar-refractivity contribution is -0.114. The number of hydrogen-bond acceptors (Lipinski definition) is 8. The number of nitrogens with zero attached hydrogens (tertiary/aromatic N) is 4. The summed E-state index contributed by atoms with van der Waals surface area (Å²) in [5, 5.41) is 14.2. The summed E-state index contributed by atoms with van der Waals surface area (Å²) in [5.41, 5.74) is 0.560. The van der Waals surface area contributed by atoms with Crippen molar-refractivity contribution in [3.63, 3.8) is 0 Å². The van der Waals surface area contributed by atoms with E-state index in [-0.39, 0.29) is 12.2 Å². The molecule has 0 saturated heterocycles. The van der Waals surface area contributed by atoms with Crippen molar-refractivity contribution in [2.24, 2.45) is 0 Å². The summed E-state index contributed by atoms with van der Waals surface area (Å²) < 4.78 is 0.820. The molecule has 0 aliphatic carbocycles. The van der Waals surface area contributed by atoms with E-state index < -0.39 is 11.6 Å². The molecule has 1 aromatic carbocycles. The van der Waals surface area contributed by atoms with Gasteiger partial charge in [-0.3, -0.25) is 9.59 Å². The van der Waals surface area contributed by atoms with Gasteiger partial charge in [-0.25, -0.2) is 4.98 Å². The van der Waals surface area contributed by atoms with E-state index in [1.807, 2.05) is 30.3 Å². The number of aromatic nitrogens is 5. The van der Waals surface area contributed by atoms with Gasteiger partial charge in [-0.05, 0) is 17.3 Å². The van der Waals surface area contributed by atoms with Gasteiger partial charge in [0.1, 0.15) is 0 Å². The average Bonchev–Trinajstić information content (AvgIpc) is 3.19. The van der Waals surface area contributed by atoms with E-state index in [1.165, 1.54) is 23.1 Å². The van der Waals surface area contributed by atoms with Crippen molar-refractivity contribution in [2.75, 3.05) is 0 Å². The highest BCUT2D eigenvalue weighted by atomic mass is 32.2. The Morgan fingerprint density at radius 1 is 1.23 bits per heavy atom. The van der Waals surface area contributed by atoms with Crippen LogP contribution in [0.3, 0.4) is 0 Å². The minimum absolute atomic E-state index is 0.0702. The summed E-state index contributed by atoms with van der Waals surface area (Å²) in [7, 11) is 0. The first-order valence-corrected chi connectivity index (χ1v) is 7.90. The number of hydrogen-bond donors (Lipinski definition) is 1. The van der Waals surface area contributed by atoms with E-state index in [4.69, 9.17) is 0 Å². The Morgan fingerprint density at radius 2 is 2.05 bits per heavy atom. The standard InChI is InChI=1S/C13H9N5O2S2/c19-10(11(20)12-15-17-18-16-12)6-8-7-21-13(14-8)22-9-4-2-1-3-5-9/h1-5,7H,6H2,(H,15,16,17,18). The average molecular weight is 331 g/mol. The number of tetrazole rings is 1. The lowest BCUT2D eigenvalue weighted by atomic mass is 10.1. The number of Topliss-reactive ketones (excluding diaryl/α,β-unsaturated/α-hetero) is 2. The number of benzene rings is 1. The smallest absolute Gasteiger partial charge is 0.269 e. The lowest BCUT2D eigenvalue weighted by Crippen LogP contribution is -2.18.